The minimum Gasteiger partial charge on any atom is -0.394 e. The van der Waals surface area contributed by atoms with E-state index >= 15 is 0 Å². The van der Waals surface area contributed by atoms with Gasteiger partial charge < -0.3 is 10.4 Å². The van der Waals surface area contributed by atoms with E-state index in [1.807, 2.05) is 28.8 Å². The fourth-order valence-corrected chi connectivity index (χ4v) is 2.87. The molecule has 1 aliphatic rings. The number of fused-ring (bicyclic) bond motifs is 1. The van der Waals surface area contributed by atoms with Crippen LogP contribution in [0.3, 0.4) is 0 Å². The number of hydrogen-bond donors (Lipinski definition) is 2. The van der Waals surface area contributed by atoms with E-state index in [1.165, 1.54) is 19.3 Å². The summed E-state index contributed by atoms with van der Waals surface area (Å²) in [7, 11) is 0. The Hall–Kier alpha value is -1.55. The Morgan fingerprint density at radius 2 is 2.11 bits per heavy atom. The molecular weight excluding hydrogens is 226 g/mol. The summed E-state index contributed by atoms with van der Waals surface area (Å²) in [6.45, 7) is 0.193. The van der Waals surface area contributed by atoms with Crippen LogP contribution in [0.5, 0.6) is 0 Å². The zero-order valence-electron chi connectivity index (χ0n) is 10.5. The molecule has 2 N–H and O–H groups in total. The van der Waals surface area contributed by atoms with Crippen molar-refractivity contribution in [3.05, 3.63) is 30.6 Å². The molecule has 2 aromatic heterocycles. The van der Waals surface area contributed by atoms with E-state index in [2.05, 4.69) is 10.3 Å². The minimum atomic E-state index is -0.156. The third-order valence-corrected chi connectivity index (χ3v) is 3.93. The van der Waals surface area contributed by atoms with Crippen molar-refractivity contribution in [1.29, 1.82) is 0 Å². The summed E-state index contributed by atoms with van der Waals surface area (Å²) < 4.78 is 2.03. The average Bonchev–Trinajstić information content (AvgIpc) is 2.89. The number of nitrogens with one attached hydrogen (secondary N) is 1. The van der Waals surface area contributed by atoms with Gasteiger partial charge in [0, 0.05) is 12.4 Å². The number of aliphatic hydroxyl groups excluding tert-OH is 1. The molecule has 2 heterocycles. The smallest absolute Gasteiger partial charge is 0.138 e. The van der Waals surface area contributed by atoms with Crippen molar-refractivity contribution in [1.82, 2.24) is 9.38 Å². The molecule has 96 valence electrons. The molecule has 4 nitrogen and oxygen atoms in total. The van der Waals surface area contributed by atoms with E-state index in [1.54, 1.807) is 6.20 Å². The van der Waals surface area contributed by atoms with Crippen molar-refractivity contribution >= 4 is 11.5 Å². The maximum absolute atomic E-state index is 9.74. The summed E-state index contributed by atoms with van der Waals surface area (Å²) in [5.74, 6) is 1.01. The Kier molecular flexibility index (Phi) is 2.96. The van der Waals surface area contributed by atoms with Crippen LogP contribution in [0.4, 0.5) is 5.82 Å². The van der Waals surface area contributed by atoms with Crippen molar-refractivity contribution in [3.63, 3.8) is 0 Å². The van der Waals surface area contributed by atoms with Gasteiger partial charge in [-0.2, -0.15) is 0 Å². The first-order valence-electron chi connectivity index (χ1n) is 6.64. The number of hydrogen-bond acceptors (Lipinski definition) is 3. The van der Waals surface area contributed by atoms with Crippen LogP contribution in [-0.2, 0) is 0 Å². The lowest BCUT2D eigenvalue weighted by Crippen LogP contribution is -2.44. The molecule has 0 spiro atoms. The highest BCUT2D eigenvalue weighted by molar-refractivity contribution is 5.51. The lowest BCUT2D eigenvalue weighted by molar-refractivity contribution is 0.172. The molecule has 1 aliphatic carbocycles. The van der Waals surface area contributed by atoms with E-state index < -0.39 is 0 Å². The van der Waals surface area contributed by atoms with Gasteiger partial charge in [-0.15, -0.1) is 0 Å². The maximum Gasteiger partial charge on any atom is 0.138 e. The van der Waals surface area contributed by atoms with Gasteiger partial charge in [0.05, 0.1) is 12.1 Å². The quantitative estimate of drug-likeness (QED) is 0.873. The van der Waals surface area contributed by atoms with Crippen molar-refractivity contribution in [3.8, 4) is 0 Å². The van der Waals surface area contributed by atoms with Gasteiger partial charge in [-0.3, -0.25) is 4.40 Å². The Morgan fingerprint density at radius 1 is 1.28 bits per heavy atom. The molecule has 4 heteroatoms. The molecule has 0 atom stereocenters. The first kappa shape index (κ1) is 11.5. The van der Waals surface area contributed by atoms with Gasteiger partial charge in [-0.25, -0.2) is 4.98 Å². The SMILES string of the molecule is OCC1(Nc2cccc3nccn23)CCCCC1. The number of rotatable bonds is 3. The Bertz CT molecular complexity index is 529. The molecule has 0 aliphatic heterocycles. The maximum atomic E-state index is 9.74. The Morgan fingerprint density at radius 3 is 2.89 bits per heavy atom. The second-order valence-electron chi connectivity index (χ2n) is 5.19. The summed E-state index contributed by atoms with van der Waals surface area (Å²) in [4.78, 5) is 4.28. The third kappa shape index (κ3) is 1.97. The predicted molar refractivity (Wildman–Crippen MR) is 71.7 cm³/mol. The second-order valence-corrected chi connectivity index (χ2v) is 5.19. The summed E-state index contributed by atoms with van der Waals surface area (Å²) in [6.07, 6.45) is 9.47. The van der Waals surface area contributed by atoms with Crippen LogP contribution in [-0.4, -0.2) is 26.6 Å². The summed E-state index contributed by atoms with van der Waals surface area (Å²) in [5.41, 5.74) is 0.778. The van der Waals surface area contributed by atoms with Crippen LogP contribution in [0, 0.1) is 0 Å². The van der Waals surface area contributed by atoms with E-state index in [9.17, 15) is 5.11 Å². The molecule has 1 fully saturated rings. The number of nitrogens with zero attached hydrogens (tertiary/aromatic N) is 2. The number of aromatic nitrogens is 2. The molecule has 0 amide bonds. The minimum absolute atomic E-state index is 0.156. The summed E-state index contributed by atoms with van der Waals surface area (Å²) >= 11 is 0. The van der Waals surface area contributed by atoms with Gasteiger partial charge in [0.2, 0.25) is 0 Å². The number of aliphatic hydroxyl groups is 1. The fourth-order valence-electron chi connectivity index (χ4n) is 2.87. The first-order valence-corrected chi connectivity index (χ1v) is 6.64. The summed E-state index contributed by atoms with van der Waals surface area (Å²) in [5, 5.41) is 13.3. The lowest BCUT2D eigenvalue weighted by atomic mass is 9.82. The van der Waals surface area contributed by atoms with Gasteiger partial charge >= 0.3 is 0 Å². The van der Waals surface area contributed by atoms with Gasteiger partial charge in [0.15, 0.2) is 0 Å². The molecule has 3 rings (SSSR count). The van der Waals surface area contributed by atoms with Crippen molar-refractivity contribution < 1.29 is 5.11 Å². The average molecular weight is 245 g/mol. The standard InChI is InChI=1S/C14H19N3O/c18-11-14(7-2-1-3-8-14)16-13-6-4-5-12-15-9-10-17(12)13/h4-6,9-10,16,18H,1-3,7-8,11H2. The zero-order valence-corrected chi connectivity index (χ0v) is 10.5. The van der Waals surface area contributed by atoms with Crippen LogP contribution < -0.4 is 5.32 Å². The van der Waals surface area contributed by atoms with Gasteiger partial charge in [0.1, 0.15) is 11.5 Å². The number of anilines is 1. The van der Waals surface area contributed by atoms with Gasteiger partial charge in [-0.05, 0) is 25.0 Å². The van der Waals surface area contributed by atoms with E-state index in [0.29, 0.717) is 0 Å². The first-order chi connectivity index (χ1) is 8.83. The van der Waals surface area contributed by atoms with Crippen LogP contribution in [0.15, 0.2) is 30.6 Å². The molecular formula is C14H19N3O. The van der Waals surface area contributed by atoms with Crippen LogP contribution >= 0.6 is 0 Å². The lowest BCUT2D eigenvalue weighted by Gasteiger charge is -2.37. The molecule has 0 aromatic carbocycles. The predicted octanol–water partition coefficient (Wildman–Crippen LogP) is 2.44. The monoisotopic (exact) mass is 245 g/mol. The van der Waals surface area contributed by atoms with Crippen LogP contribution in [0.1, 0.15) is 32.1 Å². The zero-order chi connectivity index (χ0) is 12.4. The normalized spacial score (nSPS) is 18.9. The topological polar surface area (TPSA) is 49.6 Å². The molecule has 2 aromatic rings. The molecule has 0 radical (unpaired) electrons. The Balaban J connectivity index is 1.92. The van der Waals surface area contributed by atoms with E-state index in [-0.39, 0.29) is 12.1 Å². The molecule has 0 unspecified atom stereocenters. The molecule has 0 bridgehead atoms. The summed E-state index contributed by atoms with van der Waals surface area (Å²) in [6, 6.07) is 6.02. The van der Waals surface area contributed by atoms with E-state index in [0.717, 1.165) is 24.3 Å². The van der Waals surface area contributed by atoms with Crippen molar-refractivity contribution in [2.24, 2.45) is 0 Å². The fraction of sp³-hybridized carbons (Fsp3) is 0.500. The van der Waals surface area contributed by atoms with Crippen LogP contribution in [0.2, 0.25) is 0 Å². The highest BCUT2D eigenvalue weighted by Crippen LogP contribution is 2.31. The second kappa shape index (κ2) is 4.61. The van der Waals surface area contributed by atoms with Crippen LogP contribution in [0.25, 0.3) is 5.65 Å². The number of imidazole rings is 1. The van der Waals surface area contributed by atoms with E-state index in [4.69, 9.17) is 0 Å². The highest BCUT2D eigenvalue weighted by Gasteiger charge is 2.31. The molecule has 1 saturated carbocycles. The Labute approximate surface area is 107 Å². The highest BCUT2D eigenvalue weighted by atomic mass is 16.3. The van der Waals surface area contributed by atoms with Crippen molar-refractivity contribution in [2.75, 3.05) is 11.9 Å². The largest absolute Gasteiger partial charge is 0.394 e. The molecule has 18 heavy (non-hydrogen) atoms. The van der Waals surface area contributed by atoms with Crippen molar-refractivity contribution in [2.45, 2.75) is 37.6 Å². The molecule has 0 saturated heterocycles. The third-order valence-electron chi connectivity index (χ3n) is 3.93. The van der Waals surface area contributed by atoms with Gasteiger partial charge in [0.25, 0.3) is 0 Å². The number of pyridine rings is 1. The van der Waals surface area contributed by atoms with Gasteiger partial charge in [-0.1, -0.05) is 25.3 Å².